The highest BCUT2D eigenvalue weighted by molar-refractivity contribution is 5.96. The molecule has 0 saturated heterocycles. The minimum Gasteiger partial charge on any atom is -0.326 e. The van der Waals surface area contributed by atoms with E-state index < -0.39 is 0 Å². The van der Waals surface area contributed by atoms with Gasteiger partial charge >= 0.3 is 0 Å². The van der Waals surface area contributed by atoms with Crippen molar-refractivity contribution >= 4 is 22.4 Å². The molecule has 3 nitrogen and oxygen atoms in total. The molecule has 0 atom stereocenters. The summed E-state index contributed by atoms with van der Waals surface area (Å²) in [4.78, 5) is 16.8. The molecule has 1 N–H and O–H groups in total. The van der Waals surface area contributed by atoms with Crippen molar-refractivity contribution in [2.75, 3.05) is 5.32 Å². The Morgan fingerprint density at radius 2 is 1.68 bits per heavy atom. The molecule has 28 heavy (non-hydrogen) atoms. The highest BCUT2D eigenvalue weighted by atomic mass is 16.1. The summed E-state index contributed by atoms with van der Waals surface area (Å²) in [6.45, 7) is 0. The topological polar surface area (TPSA) is 42.0 Å². The van der Waals surface area contributed by atoms with E-state index in [-0.39, 0.29) is 5.91 Å². The highest BCUT2D eigenvalue weighted by Crippen LogP contribution is 2.19. The van der Waals surface area contributed by atoms with Crippen molar-refractivity contribution in [3.05, 3.63) is 108 Å². The summed E-state index contributed by atoms with van der Waals surface area (Å²) in [5.41, 5.74) is 3.29. The van der Waals surface area contributed by atoms with E-state index in [1.807, 2.05) is 72.8 Å². The Morgan fingerprint density at radius 1 is 0.857 bits per heavy atom. The van der Waals surface area contributed by atoms with Crippen LogP contribution in [-0.2, 0) is 11.2 Å². The second kappa shape index (κ2) is 8.20. The van der Waals surface area contributed by atoms with Gasteiger partial charge in [-0.2, -0.15) is 0 Å². The molecule has 0 unspecified atom stereocenters. The standard InChI is InChI=1S/C25H18N2O/c28-25(18-21-10-6-9-20-8-1-2-13-24(20)21)27-23-12-5-7-19(17-23)14-15-22-11-3-4-16-26-22/h1-13,16-17H,18H2,(H,27,28). The number of anilines is 1. The van der Waals surface area contributed by atoms with E-state index in [1.165, 1.54) is 0 Å². The molecule has 0 spiro atoms. The Labute approximate surface area is 164 Å². The van der Waals surface area contributed by atoms with Crippen LogP contribution in [-0.4, -0.2) is 10.9 Å². The average Bonchev–Trinajstić information content (AvgIpc) is 2.73. The fraction of sp³-hybridized carbons (Fsp3) is 0.0400. The maximum absolute atomic E-state index is 12.6. The number of carbonyl (C=O) groups excluding carboxylic acids is 1. The quantitative estimate of drug-likeness (QED) is 0.531. The van der Waals surface area contributed by atoms with Crippen LogP contribution >= 0.6 is 0 Å². The molecule has 0 aliphatic carbocycles. The largest absolute Gasteiger partial charge is 0.326 e. The van der Waals surface area contributed by atoms with Crippen molar-refractivity contribution in [2.24, 2.45) is 0 Å². The Hall–Kier alpha value is -3.90. The van der Waals surface area contributed by atoms with E-state index in [9.17, 15) is 4.79 Å². The van der Waals surface area contributed by atoms with Crippen LogP contribution in [0.3, 0.4) is 0 Å². The molecule has 0 saturated carbocycles. The zero-order valence-electron chi connectivity index (χ0n) is 15.2. The molecule has 3 aromatic carbocycles. The smallest absolute Gasteiger partial charge is 0.228 e. The minimum absolute atomic E-state index is 0.0498. The Bertz CT molecular complexity index is 1180. The lowest BCUT2D eigenvalue weighted by Crippen LogP contribution is -2.14. The zero-order valence-corrected chi connectivity index (χ0v) is 15.2. The zero-order chi connectivity index (χ0) is 19.2. The summed E-state index contributed by atoms with van der Waals surface area (Å²) in [6, 6.07) is 27.3. The van der Waals surface area contributed by atoms with Crippen molar-refractivity contribution < 1.29 is 4.79 Å². The first-order chi connectivity index (χ1) is 13.8. The number of fused-ring (bicyclic) bond motifs is 1. The fourth-order valence-corrected chi connectivity index (χ4v) is 3.07. The lowest BCUT2D eigenvalue weighted by Gasteiger charge is -2.08. The number of pyridine rings is 1. The summed E-state index contributed by atoms with van der Waals surface area (Å²) in [5.74, 6) is 6.06. The van der Waals surface area contributed by atoms with E-state index >= 15 is 0 Å². The Balaban J connectivity index is 1.48. The maximum Gasteiger partial charge on any atom is 0.228 e. The third kappa shape index (κ3) is 4.25. The van der Waals surface area contributed by atoms with Crippen LogP contribution in [0.2, 0.25) is 0 Å². The number of rotatable bonds is 3. The summed E-state index contributed by atoms with van der Waals surface area (Å²) >= 11 is 0. The number of nitrogens with one attached hydrogen (secondary N) is 1. The van der Waals surface area contributed by atoms with Gasteiger partial charge in [-0.3, -0.25) is 4.79 Å². The van der Waals surface area contributed by atoms with Crippen molar-refractivity contribution in [1.29, 1.82) is 0 Å². The first-order valence-electron chi connectivity index (χ1n) is 9.07. The molecule has 0 radical (unpaired) electrons. The minimum atomic E-state index is -0.0498. The summed E-state index contributed by atoms with van der Waals surface area (Å²) < 4.78 is 0. The predicted octanol–water partition coefficient (Wildman–Crippen LogP) is 4.82. The molecular weight excluding hydrogens is 344 g/mol. The van der Waals surface area contributed by atoms with E-state index in [0.717, 1.165) is 27.6 Å². The Kier molecular flexibility index (Phi) is 5.13. The number of benzene rings is 3. The third-order valence-corrected chi connectivity index (χ3v) is 4.38. The number of nitrogens with zero attached hydrogens (tertiary/aromatic N) is 1. The molecular formula is C25H18N2O. The molecule has 4 rings (SSSR count). The first-order valence-corrected chi connectivity index (χ1v) is 9.07. The van der Waals surface area contributed by atoms with Gasteiger partial charge in [-0.15, -0.1) is 0 Å². The molecule has 1 heterocycles. The van der Waals surface area contributed by atoms with Crippen molar-refractivity contribution in [2.45, 2.75) is 6.42 Å². The number of carbonyl (C=O) groups is 1. The number of amides is 1. The van der Waals surface area contributed by atoms with Crippen LogP contribution in [0.1, 0.15) is 16.8 Å². The summed E-state index contributed by atoms with van der Waals surface area (Å²) in [6.07, 6.45) is 2.04. The van der Waals surface area contributed by atoms with Gasteiger partial charge in [-0.1, -0.05) is 60.5 Å². The van der Waals surface area contributed by atoms with E-state index in [2.05, 4.69) is 34.3 Å². The normalized spacial score (nSPS) is 10.1. The van der Waals surface area contributed by atoms with Crippen LogP contribution < -0.4 is 5.32 Å². The average molecular weight is 362 g/mol. The molecule has 0 aliphatic heterocycles. The first kappa shape index (κ1) is 17.5. The van der Waals surface area contributed by atoms with Crippen molar-refractivity contribution in [1.82, 2.24) is 4.98 Å². The van der Waals surface area contributed by atoms with Gasteiger partial charge in [-0.05, 0) is 52.6 Å². The van der Waals surface area contributed by atoms with Crippen molar-refractivity contribution in [3.63, 3.8) is 0 Å². The van der Waals surface area contributed by atoms with E-state index in [1.54, 1.807) is 6.20 Å². The third-order valence-electron chi connectivity index (χ3n) is 4.38. The van der Waals surface area contributed by atoms with Crippen LogP contribution in [0.25, 0.3) is 10.8 Å². The molecule has 1 aromatic heterocycles. The number of hydrogen-bond acceptors (Lipinski definition) is 2. The lowest BCUT2D eigenvalue weighted by atomic mass is 10.0. The second-order valence-electron chi connectivity index (χ2n) is 6.41. The summed E-state index contributed by atoms with van der Waals surface area (Å²) in [7, 11) is 0. The van der Waals surface area contributed by atoms with Gasteiger partial charge in [0, 0.05) is 17.4 Å². The second-order valence-corrected chi connectivity index (χ2v) is 6.41. The summed E-state index contributed by atoms with van der Waals surface area (Å²) in [5, 5.41) is 5.22. The molecule has 0 aliphatic rings. The van der Waals surface area contributed by atoms with Crippen LogP contribution in [0.4, 0.5) is 5.69 Å². The van der Waals surface area contributed by atoms with Gasteiger partial charge in [0.1, 0.15) is 5.69 Å². The van der Waals surface area contributed by atoms with E-state index in [0.29, 0.717) is 12.1 Å². The van der Waals surface area contributed by atoms with Crippen molar-refractivity contribution in [3.8, 4) is 11.8 Å². The number of aromatic nitrogens is 1. The highest BCUT2D eigenvalue weighted by Gasteiger charge is 2.07. The monoisotopic (exact) mass is 362 g/mol. The van der Waals surface area contributed by atoms with Crippen LogP contribution in [0, 0.1) is 11.8 Å². The van der Waals surface area contributed by atoms with Gasteiger partial charge in [0.05, 0.1) is 6.42 Å². The molecule has 0 fully saturated rings. The van der Waals surface area contributed by atoms with Gasteiger partial charge in [0.15, 0.2) is 0 Å². The van der Waals surface area contributed by atoms with Crippen LogP contribution in [0.5, 0.6) is 0 Å². The molecule has 0 bridgehead atoms. The van der Waals surface area contributed by atoms with Gasteiger partial charge in [0.2, 0.25) is 5.91 Å². The molecule has 1 amide bonds. The molecule has 134 valence electrons. The van der Waals surface area contributed by atoms with Gasteiger partial charge < -0.3 is 5.32 Å². The van der Waals surface area contributed by atoms with Crippen LogP contribution in [0.15, 0.2) is 91.1 Å². The molecule has 3 heteroatoms. The van der Waals surface area contributed by atoms with Gasteiger partial charge in [0.25, 0.3) is 0 Å². The Morgan fingerprint density at radius 3 is 2.57 bits per heavy atom. The predicted molar refractivity (Wildman–Crippen MR) is 113 cm³/mol. The van der Waals surface area contributed by atoms with E-state index in [4.69, 9.17) is 0 Å². The maximum atomic E-state index is 12.6. The lowest BCUT2D eigenvalue weighted by molar-refractivity contribution is -0.115. The van der Waals surface area contributed by atoms with Gasteiger partial charge in [-0.25, -0.2) is 4.98 Å². The number of hydrogen-bond donors (Lipinski definition) is 1. The molecule has 4 aromatic rings. The SMILES string of the molecule is O=C(Cc1cccc2ccccc12)Nc1cccc(C#Cc2ccccn2)c1. The fourth-order valence-electron chi connectivity index (χ4n) is 3.07.